The molecule has 3 nitrogen and oxygen atoms in total. The van der Waals surface area contributed by atoms with Gasteiger partial charge in [-0.1, -0.05) is 34.9 Å². The normalized spacial score (nSPS) is 14.4. The molecule has 5 heteroatoms. The lowest BCUT2D eigenvalue weighted by atomic mass is 10.2. The van der Waals surface area contributed by atoms with Crippen LogP contribution in [0.1, 0.15) is 32.6 Å². The average Bonchev–Trinajstić information content (AvgIpc) is 2.84. The maximum absolute atomic E-state index is 11.1. The first-order valence-electron chi connectivity index (χ1n) is 6.32. The summed E-state index contributed by atoms with van der Waals surface area (Å²) in [6.45, 7) is 3.76. The Morgan fingerprint density at radius 2 is 1.94 bits per heavy atom. The minimum absolute atomic E-state index is 0.179. The van der Waals surface area contributed by atoms with Gasteiger partial charge < -0.3 is 10.2 Å². The molecule has 1 saturated heterocycles. The van der Waals surface area contributed by atoms with Gasteiger partial charge in [0.2, 0.25) is 5.91 Å². The van der Waals surface area contributed by atoms with E-state index in [2.05, 4.69) is 17.1 Å². The molecule has 0 unspecified atom stereocenters. The van der Waals surface area contributed by atoms with Gasteiger partial charge in [-0.05, 0) is 26.9 Å². The second kappa shape index (κ2) is 12.6. The molecule has 17 heavy (non-hydrogen) atoms. The van der Waals surface area contributed by atoms with Crippen LogP contribution in [0, 0.1) is 0 Å². The first-order valence-corrected chi connectivity index (χ1v) is 8.81. The first-order chi connectivity index (χ1) is 8.16. The van der Waals surface area contributed by atoms with Crippen LogP contribution in [0.25, 0.3) is 0 Å². The summed E-state index contributed by atoms with van der Waals surface area (Å²) >= 11 is 0. The molecule has 1 rings (SSSR count). The summed E-state index contributed by atoms with van der Waals surface area (Å²) in [4.78, 5) is 13.1. The predicted octanol–water partition coefficient (Wildman–Crippen LogP) is 2.63. The van der Waals surface area contributed by atoms with Crippen molar-refractivity contribution in [2.75, 3.05) is 38.7 Å². The van der Waals surface area contributed by atoms with Crippen molar-refractivity contribution in [3.8, 4) is 0 Å². The number of nitrogens with zero attached hydrogens (tertiary/aromatic N) is 1. The number of unbranched alkanes of at least 4 members (excludes halogenated alkanes) is 1. The van der Waals surface area contributed by atoms with Crippen molar-refractivity contribution in [3.63, 3.8) is 0 Å². The molecule has 0 saturated carbocycles. The van der Waals surface area contributed by atoms with Gasteiger partial charge in [-0.25, -0.2) is 0 Å². The van der Waals surface area contributed by atoms with E-state index in [0.717, 1.165) is 25.9 Å². The zero-order valence-electron chi connectivity index (χ0n) is 11.3. The lowest BCUT2D eigenvalue weighted by Crippen LogP contribution is -2.31. The molecule has 0 spiro atoms. The van der Waals surface area contributed by atoms with Crippen LogP contribution in [0.2, 0.25) is 0 Å². The van der Waals surface area contributed by atoms with Crippen molar-refractivity contribution >= 4 is 27.5 Å². The maximum Gasteiger partial charge on any atom is 0.220 e. The van der Waals surface area contributed by atoms with E-state index in [-0.39, 0.29) is 5.91 Å². The fraction of sp³-hybridized carbons (Fsp3) is 0.917. The highest BCUT2D eigenvalue weighted by Crippen LogP contribution is 2.29. The van der Waals surface area contributed by atoms with E-state index in [1.807, 2.05) is 35.7 Å². The van der Waals surface area contributed by atoms with E-state index >= 15 is 0 Å². The summed E-state index contributed by atoms with van der Waals surface area (Å²) in [6, 6.07) is 0. The van der Waals surface area contributed by atoms with Crippen molar-refractivity contribution in [2.45, 2.75) is 32.6 Å². The minimum atomic E-state index is 0.179. The third kappa shape index (κ3) is 14.1. The fourth-order valence-corrected chi connectivity index (χ4v) is 3.50. The topological polar surface area (TPSA) is 32.3 Å². The van der Waals surface area contributed by atoms with Crippen molar-refractivity contribution < 1.29 is 4.79 Å². The molecule has 1 aliphatic heterocycles. The zero-order valence-corrected chi connectivity index (χ0v) is 13.0. The van der Waals surface area contributed by atoms with Crippen LogP contribution in [0.5, 0.6) is 0 Å². The highest BCUT2D eigenvalue weighted by Gasteiger charge is 1.98. The van der Waals surface area contributed by atoms with E-state index in [1.54, 1.807) is 0 Å². The molecule has 1 aliphatic rings. The van der Waals surface area contributed by atoms with Gasteiger partial charge in [0, 0.05) is 31.0 Å². The van der Waals surface area contributed by atoms with Gasteiger partial charge in [-0.15, -0.1) is 0 Å². The third-order valence-corrected chi connectivity index (χ3v) is 4.75. The van der Waals surface area contributed by atoms with Gasteiger partial charge in [0.25, 0.3) is 0 Å². The molecule has 0 radical (unpaired) electrons. The van der Waals surface area contributed by atoms with E-state index in [4.69, 9.17) is 0 Å². The van der Waals surface area contributed by atoms with Gasteiger partial charge in [-0.2, -0.15) is 0 Å². The Morgan fingerprint density at radius 1 is 1.29 bits per heavy atom. The molecule has 1 heterocycles. The standard InChI is InChI=1S/C9H20N2O.C3H6S2/c1-4-5-6-9(12)10-7-8-11(2)3;1-2-4-5-3-1/h4-8H2,1-3H3,(H,10,12);1-3H2. The predicted molar refractivity (Wildman–Crippen MR) is 80.6 cm³/mol. The van der Waals surface area contributed by atoms with E-state index < -0.39 is 0 Å². The molecule has 0 atom stereocenters. The van der Waals surface area contributed by atoms with E-state index in [9.17, 15) is 4.79 Å². The number of amides is 1. The number of carbonyl (C=O) groups is 1. The first kappa shape index (κ1) is 17.1. The van der Waals surface area contributed by atoms with Crippen LogP contribution in [-0.4, -0.2) is 49.5 Å². The molecular weight excluding hydrogens is 252 g/mol. The largest absolute Gasteiger partial charge is 0.355 e. The molecule has 1 amide bonds. The Bertz CT molecular complexity index is 178. The lowest BCUT2D eigenvalue weighted by Gasteiger charge is -2.09. The van der Waals surface area contributed by atoms with Crippen LogP contribution in [0.3, 0.4) is 0 Å². The molecule has 0 bridgehead atoms. The SMILES string of the molecule is C1CSSC1.CCCCC(=O)NCCN(C)C. The minimum Gasteiger partial charge on any atom is -0.355 e. The Labute approximate surface area is 114 Å². The maximum atomic E-state index is 11.1. The second-order valence-corrected chi connectivity index (χ2v) is 6.96. The van der Waals surface area contributed by atoms with Gasteiger partial charge in [-0.3, -0.25) is 4.79 Å². The lowest BCUT2D eigenvalue weighted by molar-refractivity contribution is -0.121. The number of likely N-dealkylation sites (N-methyl/N-ethyl adjacent to an activating group) is 1. The average molecular weight is 278 g/mol. The van der Waals surface area contributed by atoms with E-state index in [1.165, 1.54) is 17.9 Å². The van der Waals surface area contributed by atoms with Crippen LogP contribution < -0.4 is 5.32 Å². The van der Waals surface area contributed by atoms with Gasteiger partial charge in [0.1, 0.15) is 0 Å². The second-order valence-electron chi connectivity index (χ2n) is 4.25. The molecule has 1 fully saturated rings. The number of hydrogen-bond donors (Lipinski definition) is 1. The molecule has 0 aromatic heterocycles. The molecule has 102 valence electrons. The molecule has 0 aromatic rings. The molecule has 0 aromatic carbocycles. The van der Waals surface area contributed by atoms with Crippen molar-refractivity contribution in [3.05, 3.63) is 0 Å². The number of nitrogens with one attached hydrogen (secondary N) is 1. The van der Waals surface area contributed by atoms with Crippen LogP contribution in [0.15, 0.2) is 0 Å². The third-order valence-electron chi connectivity index (χ3n) is 2.18. The smallest absolute Gasteiger partial charge is 0.220 e. The summed E-state index contributed by atoms with van der Waals surface area (Å²) in [5.41, 5.74) is 0. The van der Waals surface area contributed by atoms with Crippen molar-refractivity contribution in [1.82, 2.24) is 10.2 Å². The van der Waals surface area contributed by atoms with Crippen molar-refractivity contribution in [1.29, 1.82) is 0 Å². The van der Waals surface area contributed by atoms with E-state index in [0.29, 0.717) is 6.42 Å². The van der Waals surface area contributed by atoms with Gasteiger partial charge >= 0.3 is 0 Å². The number of rotatable bonds is 6. The summed E-state index contributed by atoms with van der Waals surface area (Å²) in [5.74, 6) is 2.94. The highest BCUT2D eigenvalue weighted by molar-refractivity contribution is 8.77. The molecule has 0 aliphatic carbocycles. The fourth-order valence-electron chi connectivity index (χ4n) is 1.14. The summed E-state index contributed by atoms with van der Waals surface area (Å²) in [6.07, 6.45) is 4.17. The van der Waals surface area contributed by atoms with Crippen LogP contribution >= 0.6 is 21.6 Å². The molecular formula is C12H26N2OS2. The molecule has 1 N–H and O–H groups in total. The van der Waals surface area contributed by atoms with Crippen LogP contribution in [0.4, 0.5) is 0 Å². The Balaban J connectivity index is 0.000000419. The Kier molecular flexibility index (Phi) is 12.7. The highest BCUT2D eigenvalue weighted by atomic mass is 33.1. The quantitative estimate of drug-likeness (QED) is 0.757. The Hall–Kier alpha value is 0.130. The van der Waals surface area contributed by atoms with Crippen LogP contribution in [-0.2, 0) is 4.79 Å². The number of carbonyl (C=O) groups excluding carboxylic acids is 1. The monoisotopic (exact) mass is 278 g/mol. The van der Waals surface area contributed by atoms with Crippen molar-refractivity contribution in [2.24, 2.45) is 0 Å². The summed E-state index contributed by atoms with van der Waals surface area (Å²) in [5, 5.41) is 2.87. The Morgan fingerprint density at radius 3 is 2.35 bits per heavy atom. The van der Waals surface area contributed by atoms with Gasteiger partial charge in [0.15, 0.2) is 0 Å². The summed E-state index contributed by atoms with van der Waals surface area (Å²) < 4.78 is 0. The zero-order chi connectivity index (χ0) is 12.9. The summed E-state index contributed by atoms with van der Waals surface area (Å²) in [7, 11) is 7.98. The number of hydrogen-bond acceptors (Lipinski definition) is 4. The van der Waals surface area contributed by atoms with Gasteiger partial charge in [0.05, 0.1) is 0 Å².